The second kappa shape index (κ2) is 4.96. The maximum Gasteiger partial charge on any atom is 0.153 e. The SMILES string of the molecule is Cc1cc(-c2[nH]nc(N)c2-c2cc(F)cc(F)c2)sc1C. The molecular weight excluding hydrogens is 292 g/mol. The summed E-state index contributed by atoms with van der Waals surface area (Å²) in [7, 11) is 0. The summed E-state index contributed by atoms with van der Waals surface area (Å²) in [4.78, 5) is 2.11. The summed E-state index contributed by atoms with van der Waals surface area (Å²) in [6.45, 7) is 4.03. The van der Waals surface area contributed by atoms with Crippen LogP contribution in [-0.4, -0.2) is 10.2 Å². The van der Waals surface area contributed by atoms with Crippen LogP contribution >= 0.6 is 11.3 Å². The molecule has 0 saturated heterocycles. The quantitative estimate of drug-likeness (QED) is 0.742. The van der Waals surface area contributed by atoms with E-state index in [4.69, 9.17) is 5.73 Å². The molecule has 3 rings (SSSR count). The van der Waals surface area contributed by atoms with E-state index in [1.165, 1.54) is 17.0 Å². The number of aryl methyl sites for hydroxylation is 2. The van der Waals surface area contributed by atoms with E-state index in [2.05, 4.69) is 10.2 Å². The summed E-state index contributed by atoms with van der Waals surface area (Å²) >= 11 is 1.58. The highest BCUT2D eigenvalue weighted by Crippen LogP contribution is 2.39. The molecule has 6 heteroatoms. The molecule has 0 fully saturated rings. The number of hydrogen-bond acceptors (Lipinski definition) is 3. The maximum atomic E-state index is 13.4. The lowest BCUT2D eigenvalue weighted by Crippen LogP contribution is -1.90. The molecule has 21 heavy (non-hydrogen) atoms. The van der Waals surface area contributed by atoms with E-state index in [1.807, 2.05) is 19.9 Å². The topological polar surface area (TPSA) is 54.7 Å². The molecule has 0 aliphatic carbocycles. The van der Waals surface area contributed by atoms with Crippen LogP contribution in [0.1, 0.15) is 10.4 Å². The fourth-order valence-electron chi connectivity index (χ4n) is 2.22. The number of aromatic nitrogens is 2. The molecule has 1 aromatic carbocycles. The predicted octanol–water partition coefficient (Wildman–Crippen LogP) is 4.28. The number of nitrogens with one attached hydrogen (secondary N) is 1. The number of rotatable bonds is 2. The molecule has 0 amide bonds. The van der Waals surface area contributed by atoms with Crippen LogP contribution in [0.25, 0.3) is 21.7 Å². The van der Waals surface area contributed by atoms with Crippen molar-refractivity contribution < 1.29 is 8.78 Å². The average molecular weight is 305 g/mol. The standard InChI is InChI=1S/C15H13F2N3S/c1-7-3-12(21-8(7)2)14-13(15(18)20-19-14)9-4-10(16)6-11(17)5-9/h3-6H,1-2H3,(H3,18,19,20). The normalized spacial score (nSPS) is 11.0. The van der Waals surface area contributed by atoms with Crippen LogP contribution in [0.2, 0.25) is 0 Å². The van der Waals surface area contributed by atoms with Gasteiger partial charge in [-0.05, 0) is 43.2 Å². The van der Waals surface area contributed by atoms with Gasteiger partial charge in [-0.1, -0.05) is 0 Å². The number of anilines is 1. The van der Waals surface area contributed by atoms with Gasteiger partial charge in [0.05, 0.1) is 16.1 Å². The first-order valence-electron chi connectivity index (χ1n) is 6.33. The fraction of sp³-hybridized carbons (Fsp3) is 0.133. The number of thiophene rings is 1. The molecule has 108 valence electrons. The zero-order chi connectivity index (χ0) is 15.1. The monoisotopic (exact) mass is 305 g/mol. The molecule has 0 saturated carbocycles. The van der Waals surface area contributed by atoms with Crippen molar-refractivity contribution in [3.63, 3.8) is 0 Å². The van der Waals surface area contributed by atoms with E-state index in [0.717, 1.165) is 16.5 Å². The lowest BCUT2D eigenvalue weighted by atomic mass is 10.0. The predicted molar refractivity (Wildman–Crippen MR) is 81.1 cm³/mol. The molecule has 0 aliphatic rings. The maximum absolute atomic E-state index is 13.4. The smallest absolute Gasteiger partial charge is 0.153 e. The van der Waals surface area contributed by atoms with E-state index in [0.29, 0.717) is 16.8 Å². The Morgan fingerprint density at radius 2 is 1.76 bits per heavy atom. The van der Waals surface area contributed by atoms with Gasteiger partial charge in [-0.25, -0.2) is 8.78 Å². The van der Waals surface area contributed by atoms with Crippen LogP contribution in [0.15, 0.2) is 24.3 Å². The van der Waals surface area contributed by atoms with Gasteiger partial charge in [0, 0.05) is 10.9 Å². The molecule has 0 radical (unpaired) electrons. The van der Waals surface area contributed by atoms with Gasteiger partial charge in [0.25, 0.3) is 0 Å². The van der Waals surface area contributed by atoms with Crippen molar-refractivity contribution >= 4 is 17.2 Å². The Hall–Kier alpha value is -2.21. The molecule has 0 spiro atoms. The summed E-state index contributed by atoms with van der Waals surface area (Å²) in [6.07, 6.45) is 0. The van der Waals surface area contributed by atoms with Crippen LogP contribution in [0, 0.1) is 25.5 Å². The summed E-state index contributed by atoms with van der Waals surface area (Å²) in [5.41, 5.74) is 8.60. The minimum absolute atomic E-state index is 0.221. The minimum atomic E-state index is -0.643. The molecule has 2 heterocycles. The van der Waals surface area contributed by atoms with Crippen LogP contribution in [-0.2, 0) is 0 Å². The first-order valence-corrected chi connectivity index (χ1v) is 7.15. The second-order valence-corrected chi connectivity index (χ2v) is 6.12. The Balaban J connectivity index is 2.21. The lowest BCUT2D eigenvalue weighted by Gasteiger charge is -2.04. The van der Waals surface area contributed by atoms with Gasteiger partial charge in [0.15, 0.2) is 5.82 Å². The number of aromatic amines is 1. The van der Waals surface area contributed by atoms with Gasteiger partial charge in [0.2, 0.25) is 0 Å². The van der Waals surface area contributed by atoms with E-state index < -0.39 is 11.6 Å². The van der Waals surface area contributed by atoms with Gasteiger partial charge < -0.3 is 5.73 Å². The highest BCUT2D eigenvalue weighted by molar-refractivity contribution is 7.15. The average Bonchev–Trinajstić information content (AvgIpc) is 2.92. The van der Waals surface area contributed by atoms with E-state index >= 15 is 0 Å². The van der Waals surface area contributed by atoms with Gasteiger partial charge in [-0.15, -0.1) is 11.3 Å². The highest BCUT2D eigenvalue weighted by Gasteiger charge is 2.18. The molecule has 0 aliphatic heterocycles. The third kappa shape index (κ3) is 2.42. The minimum Gasteiger partial charge on any atom is -0.382 e. The zero-order valence-corrected chi connectivity index (χ0v) is 12.3. The number of nitrogens with two attached hydrogens (primary N) is 1. The first kappa shape index (κ1) is 13.8. The Morgan fingerprint density at radius 3 is 2.33 bits per heavy atom. The Morgan fingerprint density at radius 1 is 1.10 bits per heavy atom. The third-order valence-corrected chi connectivity index (χ3v) is 4.53. The van der Waals surface area contributed by atoms with Crippen molar-refractivity contribution in [3.05, 3.63) is 46.3 Å². The molecule has 3 nitrogen and oxygen atoms in total. The van der Waals surface area contributed by atoms with Crippen molar-refractivity contribution in [1.29, 1.82) is 0 Å². The number of nitrogen functional groups attached to an aromatic ring is 1. The summed E-state index contributed by atoms with van der Waals surface area (Å²) in [6, 6.07) is 5.34. The molecule has 0 bridgehead atoms. The molecule has 3 aromatic rings. The van der Waals surface area contributed by atoms with Crippen molar-refractivity contribution in [1.82, 2.24) is 10.2 Å². The molecule has 3 N–H and O–H groups in total. The van der Waals surface area contributed by atoms with Crippen LogP contribution in [0.4, 0.5) is 14.6 Å². The largest absolute Gasteiger partial charge is 0.382 e. The van der Waals surface area contributed by atoms with E-state index in [1.54, 1.807) is 11.3 Å². The van der Waals surface area contributed by atoms with E-state index in [9.17, 15) is 8.78 Å². The highest BCUT2D eigenvalue weighted by atomic mass is 32.1. The van der Waals surface area contributed by atoms with Crippen molar-refractivity contribution in [3.8, 4) is 21.7 Å². The third-order valence-electron chi connectivity index (χ3n) is 3.36. The molecular formula is C15H13F2N3S. The number of hydrogen-bond donors (Lipinski definition) is 2. The van der Waals surface area contributed by atoms with Crippen LogP contribution in [0.5, 0.6) is 0 Å². The van der Waals surface area contributed by atoms with Crippen LogP contribution < -0.4 is 5.73 Å². The van der Waals surface area contributed by atoms with E-state index in [-0.39, 0.29) is 5.82 Å². The fourth-order valence-corrected chi connectivity index (χ4v) is 3.26. The second-order valence-electron chi connectivity index (χ2n) is 4.87. The Kier molecular flexibility index (Phi) is 3.25. The van der Waals surface area contributed by atoms with Gasteiger partial charge >= 0.3 is 0 Å². The molecule has 2 aromatic heterocycles. The Bertz CT molecular complexity index is 781. The summed E-state index contributed by atoms with van der Waals surface area (Å²) < 4.78 is 26.9. The van der Waals surface area contributed by atoms with Crippen molar-refractivity contribution in [2.75, 3.05) is 5.73 Å². The summed E-state index contributed by atoms with van der Waals surface area (Å²) in [5.74, 6) is -1.07. The lowest BCUT2D eigenvalue weighted by molar-refractivity contribution is 0.584. The van der Waals surface area contributed by atoms with Crippen molar-refractivity contribution in [2.24, 2.45) is 0 Å². The number of benzene rings is 1. The zero-order valence-electron chi connectivity index (χ0n) is 11.5. The van der Waals surface area contributed by atoms with Gasteiger partial charge in [-0.3, -0.25) is 5.10 Å². The number of halogens is 2. The van der Waals surface area contributed by atoms with Gasteiger partial charge in [0.1, 0.15) is 11.6 Å². The molecule has 0 atom stereocenters. The molecule has 0 unspecified atom stereocenters. The number of nitrogens with zero attached hydrogens (tertiary/aromatic N) is 1. The van der Waals surface area contributed by atoms with Gasteiger partial charge in [-0.2, -0.15) is 5.10 Å². The number of H-pyrrole nitrogens is 1. The Labute approximate surface area is 124 Å². The first-order chi connectivity index (χ1) is 9.95. The summed E-state index contributed by atoms with van der Waals surface area (Å²) in [5, 5.41) is 6.84. The van der Waals surface area contributed by atoms with Crippen LogP contribution in [0.3, 0.4) is 0 Å². The van der Waals surface area contributed by atoms with Crippen molar-refractivity contribution in [2.45, 2.75) is 13.8 Å².